The van der Waals surface area contributed by atoms with E-state index in [2.05, 4.69) is 10.0 Å². The van der Waals surface area contributed by atoms with E-state index in [0.717, 1.165) is 0 Å². The van der Waals surface area contributed by atoms with Crippen LogP contribution in [0.25, 0.3) is 10.4 Å². The normalized spacial score (nSPS) is 4.17. The second-order valence-corrected chi connectivity index (χ2v) is 0.463. The fraction of sp³-hybridized carbons (Fsp3) is 0.500. The van der Waals surface area contributed by atoms with Gasteiger partial charge in [0.25, 0.3) is 0 Å². The van der Waals surface area contributed by atoms with Gasteiger partial charge >= 0.3 is 0 Å². The van der Waals surface area contributed by atoms with Gasteiger partial charge in [-0.05, 0) is 10.4 Å². The number of hydrogen-bond acceptors (Lipinski definition) is 1. The van der Waals surface area contributed by atoms with Gasteiger partial charge in [-0.15, -0.1) is 0 Å². The van der Waals surface area contributed by atoms with E-state index in [-0.39, 0.29) is 32.7 Å². The van der Waals surface area contributed by atoms with Crippen molar-refractivity contribution >= 4 is 0 Å². The van der Waals surface area contributed by atoms with E-state index >= 15 is 0 Å². The molecule has 0 saturated heterocycles. The zero-order valence-electron chi connectivity index (χ0n) is 3.50. The average molecular weight is 159 g/mol. The van der Waals surface area contributed by atoms with Crippen LogP contribution in [0.5, 0.6) is 0 Å². The Balaban J connectivity index is 0. The Hall–Kier alpha value is 0.284. The Morgan fingerprint density at radius 3 is 2.33 bits per heavy atom. The summed E-state index contributed by atoms with van der Waals surface area (Å²) in [6.07, 6.45) is 0. The number of hydrogen-bond donors (Lipinski definition) is 0. The van der Waals surface area contributed by atoms with Crippen molar-refractivity contribution in [1.82, 2.24) is 0 Å². The van der Waals surface area contributed by atoms with Gasteiger partial charge in [0, 0.05) is 32.7 Å². The molecule has 6 heavy (non-hydrogen) atoms. The van der Waals surface area contributed by atoms with Gasteiger partial charge in [0.1, 0.15) is 0 Å². The van der Waals surface area contributed by atoms with Crippen LogP contribution in [0.15, 0.2) is 5.11 Å². The topological polar surface area (TPSA) is 48.8 Å². The van der Waals surface area contributed by atoms with Crippen LogP contribution in [-0.2, 0) is 32.7 Å². The first-order valence-corrected chi connectivity index (χ1v) is 1.24. The van der Waals surface area contributed by atoms with Crippen molar-refractivity contribution in [2.24, 2.45) is 5.11 Å². The van der Waals surface area contributed by atoms with Gasteiger partial charge in [-0.25, -0.2) is 0 Å². The molecule has 1 radical (unpaired) electrons. The molecule has 0 spiro atoms. The fourth-order valence-electron chi connectivity index (χ4n) is 0.0516. The van der Waals surface area contributed by atoms with E-state index in [4.69, 9.17) is 5.53 Å². The van der Waals surface area contributed by atoms with E-state index in [0.29, 0.717) is 0 Å². The van der Waals surface area contributed by atoms with Crippen molar-refractivity contribution in [3.05, 3.63) is 17.0 Å². The molecule has 0 fully saturated rings. The summed E-state index contributed by atoms with van der Waals surface area (Å²) < 4.78 is 0. The van der Waals surface area contributed by atoms with Crippen molar-refractivity contribution in [3.63, 3.8) is 0 Å². The van der Waals surface area contributed by atoms with Crippen LogP contribution in [0.2, 0.25) is 0 Å². The van der Waals surface area contributed by atoms with Gasteiger partial charge in [-0.2, -0.15) is 6.92 Å². The summed E-state index contributed by atoms with van der Waals surface area (Å²) in [5, 5.41) is 3.03. The third-order valence-corrected chi connectivity index (χ3v) is 0.167. The standard InChI is InChI=1S/C2H4N3.Y/c1-2-4-5-3;/h2H,1H3;/q-1;. The number of azide groups is 1. The van der Waals surface area contributed by atoms with Gasteiger partial charge < -0.3 is 6.54 Å². The first kappa shape index (κ1) is 9.56. The van der Waals surface area contributed by atoms with Gasteiger partial charge in [-0.3, -0.25) is 5.11 Å². The van der Waals surface area contributed by atoms with Gasteiger partial charge in [0.15, 0.2) is 0 Å². The van der Waals surface area contributed by atoms with Crippen LogP contribution >= 0.6 is 0 Å². The molecule has 0 aliphatic carbocycles. The minimum Gasteiger partial charge on any atom is -0.319 e. The molecule has 0 aliphatic rings. The zero-order valence-corrected chi connectivity index (χ0v) is 6.33. The van der Waals surface area contributed by atoms with Crippen LogP contribution in [0.1, 0.15) is 6.92 Å². The fourth-order valence-corrected chi connectivity index (χ4v) is 0.0516. The van der Waals surface area contributed by atoms with Crippen LogP contribution in [-0.4, -0.2) is 0 Å². The molecular formula is C2H4N3Y-. The molecule has 0 saturated carbocycles. The smallest absolute Gasteiger partial charge is 0 e. The molecule has 0 aliphatic heterocycles. The predicted octanol–water partition coefficient (Wildman–Crippen LogP) is 1.48. The molecule has 0 unspecified atom stereocenters. The quantitative estimate of drug-likeness (QED) is 0.241. The molecule has 0 aromatic rings. The molecule has 0 N–H and O–H groups in total. The molecule has 31 valence electrons. The van der Waals surface area contributed by atoms with Gasteiger partial charge in [0.05, 0.1) is 0 Å². The van der Waals surface area contributed by atoms with Crippen LogP contribution < -0.4 is 0 Å². The maximum absolute atomic E-state index is 7.49. The zero-order chi connectivity index (χ0) is 4.12. The van der Waals surface area contributed by atoms with E-state index in [1.165, 1.54) is 6.54 Å². The Morgan fingerprint density at radius 1 is 1.83 bits per heavy atom. The molecule has 0 rings (SSSR count). The van der Waals surface area contributed by atoms with E-state index < -0.39 is 0 Å². The molecular weight excluding hydrogens is 155 g/mol. The van der Waals surface area contributed by atoms with Crippen molar-refractivity contribution in [2.75, 3.05) is 0 Å². The Labute approximate surface area is 61.6 Å². The monoisotopic (exact) mass is 159 g/mol. The summed E-state index contributed by atoms with van der Waals surface area (Å²) in [5.74, 6) is 0. The third kappa shape index (κ3) is 8.86. The second kappa shape index (κ2) is 8.99. The maximum atomic E-state index is 7.49. The SMILES string of the molecule is C[CH-]N=[N+]=[N-].[Y]. The Bertz CT molecular complexity index is 55.8. The molecule has 0 atom stereocenters. The first-order valence-electron chi connectivity index (χ1n) is 1.24. The minimum absolute atomic E-state index is 0. The summed E-state index contributed by atoms with van der Waals surface area (Å²) in [6.45, 7) is 3.06. The summed E-state index contributed by atoms with van der Waals surface area (Å²) in [7, 11) is 0. The van der Waals surface area contributed by atoms with Crippen molar-refractivity contribution in [1.29, 1.82) is 0 Å². The molecule has 0 heterocycles. The van der Waals surface area contributed by atoms with Crippen LogP contribution in [0, 0.1) is 6.54 Å². The summed E-state index contributed by atoms with van der Waals surface area (Å²) in [6, 6.07) is 0. The largest absolute Gasteiger partial charge is 0.319 e. The third-order valence-electron chi connectivity index (χ3n) is 0.167. The van der Waals surface area contributed by atoms with Gasteiger partial charge in [-0.1, -0.05) is 0 Å². The second-order valence-electron chi connectivity index (χ2n) is 0.463. The van der Waals surface area contributed by atoms with Crippen LogP contribution in [0.3, 0.4) is 0 Å². The maximum Gasteiger partial charge on any atom is 0 e. The minimum atomic E-state index is 0. The molecule has 0 amide bonds. The van der Waals surface area contributed by atoms with Gasteiger partial charge in [0.2, 0.25) is 0 Å². The average Bonchev–Trinajstić information content (AvgIpc) is 1.41. The summed E-state index contributed by atoms with van der Waals surface area (Å²) >= 11 is 0. The van der Waals surface area contributed by atoms with Crippen molar-refractivity contribution in [3.8, 4) is 0 Å². The molecule has 4 heteroatoms. The van der Waals surface area contributed by atoms with Crippen molar-refractivity contribution < 1.29 is 32.7 Å². The van der Waals surface area contributed by atoms with Crippen molar-refractivity contribution in [2.45, 2.75) is 6.92 Å². The molecule has 3 nitrogen and oxygen atoms in total. The van der Waals surface area contributed by atoms with E-state index in [1.54, 1.807) is 6.92 Å². The summed E-state index contributed by atoms with van der Waals surface area (Å²) in [5.41, 5.74) is 7.49. The Kier molecular flexibility index (Phi) is 14.3. The molecule has 0 aromatic carbocycles. The number of rotatable bonds is 1. The molecule has 0 bridgehead atoms. The molecule has 0 aromatic heterocycles. The van der Waals surface area contributed by atoms with Crippen LogP contribution in [0.4, 0.5) is 0 Å². The first-order chi connectivity index (χ1) is 2.41. The summed E-state index contributed by atoms with van der Waals surface area (Å²) in [4.78, 5) is 2.42. The number of nitrogens with zero attached hydrogens (tertiary/aromatic N) is 3. The Morgan fingerprint density at radius 2 is 2.33 bits per heavy atom. The predicted molar refractivity (Wildman–Crippen MR) is 19.1 cm³/mol. The van der Waals surface area contributed by atoms with E-state index in [9.17, 15) is 0 Å². The van der Waals surface area contributed by atoms with E-state index in [1.807, 2.05) is 0 Å².